The number of nitrogens with two attached hydrogens (primary N) is 1. The molecule has 1 aliphatic rings. The van der Waals surface area contributed by atoms with Crippen LogP contribution in [0.15, 0.2) is 46.1 Å². The zero-order valence-electron chi connectivity index (χ0n) is 21.5. The molecular formula is C26H36BrN5O2Si. The summed E-state index contributed by atoms with van der Waals surface area (Å²) in [7, 11) is -1.92. The van der Waals surface area contributed by atoms with E-state index in [1.165, 1.54) is 0 Å². The Morgan fingerprint density at radius 1 is 1.31 bits per heavy atom. The molecule has 3 heterocycles. The van der Waals surface area contributed by atoms with E-state index < -0.39 is 8.32 Å². The number of amidine groups is 1. The lowest BCUT2D eigenvalue weighted by Gasteiger charge is -2.36. The molecular weight excluding hydrogens is 522 g/mol. The van der Waals surface area contributed by atoms with Crippen LogP contribution >= 0.6 is 15.9 Å². The maximum atomic E-state index is 6.60. The smallest absolute Gasteiger partial charge is 0.250 e. The third kappa shape index (κ3) is 5.57. The lowest BCUT2D eigenvalue weighted by atomic mass is 10.1. The Bertz CT molecular complexity index is 1240. The van der Waals surface area contributed by atoms with Crippen molar-refractivity contribution in [1.29, 1.82) is 0 Å². The second-order valence-electron chi connectivity index (χ2n) is 10.7. The highest BCUT2D eigenvalue weighted by molar-refractivity contribution is 9.10. The summed E-state index contributed by atoms with van der Waals surface area (Å²) in [6.45, 7) is 15.8. The zero-order valence-corrected chi connectivity index (χ0v) is 24.1. The van der Waals surface area contributed by atoms with Gasteiger partial charge in [-0.3, -0.25) is 0 Å². The number of nitrogens with one attached hydrogen (secondary N) is 1. The lowest BCUT2D eigenvalue weighted by molar-refractivity contribution is -0.0248. The second kappa shape index (κ2) is 9.95. The minimum atomic E-state index is -1.92. The van der Waals surface area contributed by atoms with Gasteiger partial charge in [-0.1, -0.05) is 27.7 Å². The van der Waals surface area contributed by atoms with Gasteiger partial charge in [0.15, 0.2) is 0 Å². The van der Waals surface area contributed by atoms with E-state index in [0.29, 0.717) is 11.8 Å². The van der Waals surface area contributed by atoms with Gasteiger partial charge in [-0.25, -0.2) is 9.51 Å². The summed E-state index contributed by atoms with van der Waals surface area (Å²) in [5, 5.41) is 8.26. The van der Waals surface area contributed by atoms with E-state index >= 15 is 0 Å². The molecule has 1 aliphatic heterocycles. The van der Waals surface area contributed by atoms with Crippen molar-refractivity contribution < 1.29 is 9.16 Å². The largest absolute Gasteiger partial charge is 0.543 e. The molecule has 0 amide bonds. The molecule has 0 spiro atoms. The van der Waals surface area contributed by atoms with Crippen LogP contribution < -0.4 is 15.5 Å². The van der Waals surface area contributed by atoms with Crippen LogP contribution in [0.25, 0.3) is 5.52 Å². The lowest BCUT2D eigenvalue weighted by Crippen LogP contribution is -2.43. The Hall–Kier alpha value is -2.36. The van der Waals surface area contributed by atoms with Crippen molar-refractivity contribution in [3.8, 4) is 5.75 Å². The van der Waals surface area contributed by atoms with E-state index in [0.717, 1.165) is 64.4 Å². The molecule has 0 radical (unpaired) electrons. The predicted octanol–water partition coefficient (Wildman–Crippen LogP) is 6.14. The molecule has 2 aromatic heterocycles. The molecule has 9 heteroatoms. The average Bonchev–Trinajstić information content (AvgIpc) is 3.13. The van der Waals surface area contributed by atoms with Crippen LogP contribution in [0.2, 0.25) is 18.1 Å². The van der Waals surface area contributed by atoms with Crippen molar-refractivity contribution in [2.45, 2.75) is 52.2 Å². The summed E-state index contributed by atoms with van der Waals surface area (Å²) < 4.78 is 14.6. The fraction of sp³-hybridized carbons (Fsp3) is 0.462. The number of aromatic nitrogens is 2. The molecule has 1 fully saturated rings. The number of nitrogens with zero attached hydrogens (tertiary/aromatic N) is 3. The first-order valence-electron chi connectivity index (χ1n) is 12.1. The highest BCUT2D eigenvalue weighted by atomic mass is 79.9. The van der Waals surface area contributed by atoms with Gasteiger partial charge >= 0.3 is 0 Å². The maximum Gasteiger partial charge on any atom is 0.250 e. The number of aliphatic imine (C=N–C) groups is 1. The predicted molar refractivity (Wildman–Crippen MR) is 150 cm³/mol. The Morgan fingerprint density at radius 3 is 2.69 bits per heavy atom. The van der Waals surface area contributed by atoms with E-state index in [4.69, 9.17) is 19.9 Å². The Labute approximate surface area is 217 Å². The van der Waals surface area contributed by atoms with Gasteiger partial charge in [0, 0.05) is 23.1 Å². The third-order valence-corrected chi connectivity index (χ3v) is 11.8. The van der Waals surface area contributed by atoms with Crippen molar-refractivity contribution >= 4 is 47.0 Å². The summed E-state index contributed by atoms with van der Waals surface area (Å²) in [6, 6.07) is 8.15. The molecule has 188 valence electrons. The molecule has 1 aromatic carbocycles. The fourth-order valence-corrected chi connectivity index (χ4v) is 5.14. The molecule has 0 atom stereocenters. The number of hydrogen-bond donors (Lipinski definition) is 2. The first-order chi connectivity index (χ1) is 16.5. The van der Waals surface area contributed by atoms with Gasteiger partial charge < -0.3 is 20.2 Å². The zero-order chi connectivity index (χ0) is 25.4. The van der Waals surface area contributed by atoms with E-state index in [1.807, 2.05) is 28.9 Å². The van der Waals surface area contributed by atoms with Gasteiger partial charge in [0.2, 0.25) is 8.32 Å². The first kappa shape index (κ1) is 25.7. The highest BCUT2D eigenvalue weighted by Crippen LogP contribution is 2.38. The average molecular weight is 559 g/mol. The SMILES string of the molecule is CCc1cc(O[Si](C)(C)C(C)(C)C)ccc1N=C(N)c1cnn2cc(Br)cc2c1NCC1COC1. The summed E-state index contributed by atoms with van der Waals surface area (Å²) in [4.78, 5) is 4.85. The number of anilines is 1. The molecule has 0 unspecified atom stereocenters. The molecule has 0 bridgehead atoms. The van der Waals surface area contributed by atoms with Gasteiger partial charge in [0.25, 0.3) is 0 Å². The van der Waals surface area contributed by atoms with Crippen molar-refractivity contribution in [3.63, 3.8) is 0 Å². The van der Waals surface area contributed by atoms with E-state index in [2.05, 4.69) is 73.2 Å². The molecule has 4 rings (SSSR count). The molecule has 35 heavy (non-hydrogen) atoms. The molecule has 1 saturated heterocycles. The summed E-state index contributed by atoms with van der Waals surface area (Å²) >= 11 is 3.56. The topological polar surface area (TPSA) is 86.2 Å². The molecule has 0 saturated carbocycles. The molecule has 3 N–H and O–H groups in total. The standard InChI is InChI=1S/C26H36BrN5O2Si/c1-7-18-10-20(34-35(5,6)26(2,3)4)8-9-22(18)31-25(28)21-13-30-32-14-19(27)11-23(32)24(21)29-12-17-15-33-16-17/h8-11,13-14,17,29H,7,12,15-16H2,1-6H3,(H2,28,31). The number of aryl methyl sites for hydroxylation is 1. The number of ether oxygens (including phenoxy) is 1. The van der Waals surface area contributed by atoms with Crippen LogP contribution in [0, 0.1) is 5.92 Å². The van der Waals surface area contributed by atoms with E-state index in [-0.39, 0.29) is 5.04 Å². The van der Waals surface area contributed by atoms with Gasteiger partial charge in [-0.15, -0.1) is 0 Å². The van der Waals surface area contributed by atoms with Gasteiger partial charge in [0.05, 0.1) is 41.9 Å². The summed E-state index contributed by atoms with van der Waals surface area (Å²) in [5.74, 6) is 1.82. The summed E-state index contributed by atoms with van der Waals surface area (Å²) in [6.07, 6.45) is 4.54. The number of rotatable bonds is 8. The fourth-order valence-electron chi connectivity index (χ4n) is 3.71. The van der Waals surface area contributed by atoms with Gasteiger partial charge in [0.1, 0.15) is 11.6 Å². The van der Waals surface area contributed by atoms with Gasteiger partial charge in [-0.05, 0) is 70.3 Å². The van der Waals surface area contributed by atoms with Crippen molar-refractivity contribution in [1.82, 2.24) is 9.61 Å². The number of halogens is 1. The molecule has 3 aromatic rings. The molecule has 0 aliphatic carbocycles. The van der Waals surface area contributed by atoms with Crippen LogP contribution in [0.5, 0.6) is 5.75 Å². The van der Waals surface area contributed by atoms with Crippen LogP contribution in [-0.2, 0) is 11.2 Å². The van der Waals surface area contributed by atoms with Crippen LogP contribution in [0.4, 0.5) is 11.4 Å². The van der Waals surface area contributed by atoms with Crippen LogP contribution in [0.3, 0.4) is 0 Å². The third-order valence-electron chi connectivity index (χ3n) is 7.01. The summed E-state index contributed by atoms with van der Waals surface area (Å²) in [5.41, 5.74) is 11.2. The minimum Gasteiger partial charge on any atom is -0.543 e. The van der Waals surface area contributed by atoms with Crippen LogP contribution in [-0.4, -0.2) is 43.5 Å². The van der Waals surface area contributed by atoms with Gasteiger partial charge in [-0.2, -0.15) is 5.10 Å². The van der Waals surface area contributed by atoms with Crippen molar-refractivity contribution in [2.24, 2.45) is 16.6 Å². The number of benzene rings is 1. The first-order valence-corrected chi connectivity index (χ1v) is 15.8. The number of fused-ring (bicyclic) bond motifs is 1. The monoisotopic (exact) mass is 557 g/mol. The highest BCUT2D eigenvalue weighted by Gasteiger charge is 2.39. The van der Waals surface area contributed by atoms with E-state index in [9.17, 15) is 0 Å². The Kier molecular flexibility index (Phi) is 7.31. The maximum absolute atomic E-state index is 6.60. The Balaban J connectivity index is 1.67. The number of hydrogen-bond acceptors (Lipinski definition) is 5. The normalized spacial score (nSPS) is 15.3. The van der Waals surface area contributed by atoms with E-state index in [1.54, 1.807) is 6.20 Å². The second-order valence-corrected chi connectivity index (χ2v) is 16.3. The quantitative estimate of drug-likeness (QED) is 0.197. The minimum absolute atomic E-state index is 0.134. The van der Waals surface area contributed by atoms with Crippen molar-refractivity contribution in [3.05, 3.63) is 52.3 Å². The van der Waals surface area contributed by atoms with Crippen molar-refractivity contribution in [2.75, 3.05) is 25.1 Å². The molecule has 7 nitrogen and oxygen atoms in total. The Morgan fingerprint density at radius 2 is 2.06 bits per heavy atom. The van der Waals surface area contributed by atoms with Crippen LogP contribution in [0.1, 0.15) is 38.8 Å².